The molecule has 0 fully saturated rings. The Hall–Kier alpha value is -2.84. The fourth-order valence-electron chi connectivity index (χ4n) is 2.12. The fourth-order valence-corrected chi connectivity index (χ4v) is 3.25. The van der Waals surface area contributed by atoms with E-state index in [1.165, 1.54) is 18.0 Å². The van der Waals surface area contributed by atoms with Crippen LogP contribution in [0.2, 0.25) is 5.02 Å². The highest BCUT2D eigenvalue weighted by Crippen LogP contribution is 2.28. The molecular weight excluding hydrogens is 402 g/mol. The van der Waals surface area contributed by atoms with Crippen molar-refractivity contribution in [2.24, 2.45) is 0 Å². The minimum Gasteiger partial charge on any atom is -0.478 e. The summed E-state index contributed by atoms with van der Waals surface area (Å²) in [5.74, 6) is -1.53. The number of halogens is 1. The quantitative estimate of drug-likeness (QED) is 0.443. The lowest BCUT2D eigenvalue weighted by molar-refractivity contribution is -0.131. The molecule has 0 spiro atoms. The number of aromatic nitrogens is 1. The van der Waals surface area contributed by atoms with Crippen LogP contribution in [0.15, 0.2) is 59.6 Å². The third-order valence-electron chi connectivity index (χ3n) is 3.40. The van der Waals surface area contributed by atoms with Gasteiger partial charge in [0.15, 0.2) is 0 Å². The van der Waals surface area contributed by atoms with Crippen LogP contribution in [-0.4, -0.2) is 33.1 Å². The van der Waals surface area contributed by atoms with Crippen LogP contribution in [0.5, 0.6) is 0 Å². The van der Waals surface area contributed by atoms with Crippen LogP contribution in [0.3, 0.4) is 0 Å². The topological polar surface area (TPSA) is 108 Å². The maximum Gasteiger partial charge on any atom is 0.328 e. The molecule has 0 bridgehead atoms. The highest BCUT2D eigenvalue weighted by Gasteiger charge is 2.18. The van der Waals surface area contributed by atoms with Crippen molar-refractivity contribution in [3.8, 4) is 0 Å². The summed E-state index contributed by atoms with van der Waals surface area (Å²) < 4.78 is 0. The minimum absolute atomic E-state index is 0.193. The number of nitrogens with zero attached hydrogens (tertiary/aromatic N) is 1. The third-order valence-corrected chi connectivity index (χ3v) is 4.98. The molecule has 0 aliphatic rings. The van der Waals surface area contributed by atoms with E-state index < -0.39 is 11.9 Å². The van der Waals surface area contributed by atoms with Crippen LogP contribution in [0.4, 0.5) is 11.5 Å². The Labute approximate surface area is 171 Å². The SMILES string of the molecule is CCC(Sc1cccc(NC(=O)/C=C/C(=O)O)c1)C(=O)Nc1ccc(Cl)cn1. The monoisotopic (exact) mass is 419 g/mol. The molecule has 28 heavy (non-hydrogen) atoms. The smallest absolute Gasteiger partial charge is 0.328 e. The van der Waals surface area contributed by atoms with Crippen molar-refractivity contribution in [1.29, 1.82) is 0 Å². The summed E-state index contributed by atoms with van der Waals surface area (Å²) in [7, 11) is 0. The first-order valence-corrected chi connectivity index (χ1v) is 9.54. The second-order valence-corrected chi connectivity index (χ2v) is 7.27. The van der Waals surface area contributed by atoms with E-state index in [0.717, 1.165) is 17.0 Å². The number of pyridine rings is 1. The highest BCUT2D eigenvalue weighted by molar-refractivity contribution is 8.00. The second kappa shape index (κ2) is 10.5. The van der Waals surface area contributed by atoms with Crippen LogP contribution < -0.4 is 10.6 Å². The number of nitrogens with one attached hydrogen (secondary N) is 2. The van der Waals surface area contributed by atoms with Crippen molar-refractivity contribution in [3.05, 3.63) is 59.8 Å². The van der Waals surface area contributed by atoms with E-state index in [4.69, 9.17) is 16.7 Å². The van der Waals surface area contributed by atoms with Gasteiger partial charge in [-0.15, -0.1) is 11.8 Å². The number of amides is 2. The van der Waals surface area contributed by atoms with Crippen LogP contribution >= 0.6 is 23.4 Å². The lowest BCUT2D eigenvalue weighted by atomic mass is 10.3. The Morgan fingerprint density at radius 3 is 2.64 bits per heavy atom. The summed E-state index contributed by atoms with van der Waals surface area (Å²) in [6.07, 6.45) is 3.73. The maximum absolute atomic E-state index is 12.5. The molecule has 3 N–H and O–H groups in total. The van der Waals surface area contributed by atoms with Crippen molar-refractivity contribution < 1.29 is 19.5 Å². The molecule has 1 aromatic heterocycles. The zero-order valence-corrected chi connectivity index (χ0v) is 16.5. The Morgan fingerprint density at radius 2 is 2.00 bits per heavy atom. The van der Waals surface area contributed by atoms with E-state index in [1.807, 2.05) is 13.0 Å². The summed E-state index contributed by atoms with van der Waals surface area (Å²) in [5.41, 5.74) is 0.500. The summed E-state index contributed by atoms with van der Waals surface area (Å²) in [6, 6.07) is 10.2. The Morgan fingerprint density at radius 1 is 1.21 bits per heavy atom. The standard InChI is InChI=1S/C19H18ClN3O4S/c1-2-15(19(27)23-16-7-6-12(20)11-21-16)28-14-5-3-4-13(10-14)22-17(24)8-9-18(25)26/h3-11,15H,2H2,1H3,(H,22,24)(H,25,26)(H,21,23,27)/b9-8+. The molecule has 1 aromatic carbocycles. The molecule has 2 rings (SSSR count). The highest BCUT2D eigenvalue weighted by atomic mass is 35.5. The van der Waals surface area contributed by atoms with Gasteiger partial charge in [0.1, 0.15) is 5.82 Å². The van der Waals surface area contributed by atoms with E-state index in [9.17, 15) is 14.4 Å². The van der Waals surface area contributed by atoms with Gasteiger partial charge in [0, 0.05) is 28.9 Å². The number of carbonyl (C=O) groups is 3. The van der Waals surface area contributed by atoms with Crippen molar-refractivity contribution in [2.75, 3.05) is 10.6 Å². The van der Waals surface area contributed by atoms with E-state index in [0.29, 0.717) is 22.9 Å². The zero-order valence-electron chi connectivity index (χ0n) is 14.9. The van der Waals surface area contributed by atoms with Gasteiger partial charge < -0.3 is 15.7 Å². The first-order chi connectivity index (χ1) is 13.4. The predicted molar refractivity (Wildman–Crippen MR) is 110 cm³/mol. The molecule has 7 nitrogen and oxygen atoms in total. The summed E-state index contributed by atoms with van der Waals surface area (Å²) in [6.45, 7) is 1.90. The first kappa shape index (κ1) is 21.5. The molecule has 0 saturated carbocycles. The number of rotatable bonds is 8. The molecule has 1 unspecified atom stereocenters. The molecule has 0 aliphatic carbocycles. The summed E-state index contributed by atoms with van der Waals surface area (Å²) in [4.78, 5) is 39.5. The number of aliphatic carboxylic acids is 1. The van der Waals surface area contributed by atoms with Crippen molar-refractivity contribution in [1.82, 2.24) is 4.98 Å². The number of thioether (sulfide) groups is 1. The molecule has 1 atom stereocenters. The normalized spacial score (nSPS) is 11.8. The van der Waals surface area contributed by atoms with Crippen LogP contribution in [0.1, 0.15) is 13.3 Å². The van der Waals surface area contributed by atoms with Gasteiger partial charge >= 0.3 is 5.97 Å². The number of anilines is 2. The molecule has 0 aliphatic heterocycles. The molecule has 0 radical (unpaired) electrons. The number of carboxylic acids is 1. The lowest BCUT2D eigenvalue weighted by Crippen LogP contribution is -2.25. The van der Waals surface area contributed by atoms with E-state index in [-0.39, 0.29) is 11.2 Å². The van der Waals surface area contributed by atoms with Gasteiger partial charge in [-0.3, -0.25) is 9.59 Å². The molecular formula is C19H18ClN3O4S. The number of carbonyl (C=O) groups excluding carboxylic acids is 2. The molecule has 2 amide bonds. The molecule has 1 heterocycles. The number of hydrogen-bond donors (Lipinski definition) is 3. The van der Waals surface area contributed by atoms with Gasteiger partial charge in [-0.25, -0.2) is 9.78 Å². The molecule has 9 heteroatoms. The molecule has 146 valence electrons. The van der Waals surface area contributed by atoms with Gasteiger partial charge in [-0.05, 0) is 36.8 Å². The minimum atomic E-state index is -1.20. The lowest BCUT2D eigenvalue weighted by Gasteiger charge is -2.15. The summed E-state index contributed by atoms with van der Waals surface area (Å²) >= 11 is 7.14. The molecule has 0 saturated heterocycles. The predicted octanol–water partition coefficient (Wildman–Crippen LogP) is 3.82. The van der Waals surface area contributed by atoms with Gasteiger partial charge in [0.25, 0.3) is 0 Å². The van der Waals surface area contributed by atoms with Crippen molar-refractivity contribution in [2.45, 2.75) is 23.5 Å². The van der Waals surface area contributed by atoms with E-state index in [2.05, 4.69) is 15.6 Å². The van der Waals surface area contributed by atoms with Crippen LogP contribution in [-0.2, 0) is 14.4 Å². The van der Waals surface area contributed by atoms with E-state index >= 15 is 0 Å². The second-order valence-electron chi connectivity index (χ2n) is 5.55. The van der Waals surface area contributed by atoms with Crippen molar-refractivity contribution >= 4 is 52.7 Å². The number of carboxylic acid groups (broad SMARTS) is 1. The zero-order chi connectivity index (χ0) is 20.5. The Balaban J connectivity index is 2.01. The maximum atomic E-state index is 12.5. The van der Waals surface area contributed by atoms with Gasteiger partial charge in [-0.2, -0.15) is 0 Å². The largest absolute Gasteiger partial charge is 0.478 e. The van der Waals surface area contributed by atoms with Gasteiger partial charge in [-0.1, -0.05) is 24.6 Å². The number of benzene rings is 1. The Bertz CT molecular complexity index is 887. The summed E-state index contributed by atoms with van der Waals surface area (Å²) in [5, 5.41) is 14.0. The average molecular weight is 420 g/mol. The average Bonchev–Trinajstić information content (AvgIpc) is 2.66. The fraction of sp³-hybridized carbons (Fsp3) is 0.158. The van der Waals surface area contributed by atoms with Crippen molar-refractivity contribution in [3.63, 3.8) is 0 Å². The van der Waals surface area contributed by atoms with E-state index in [1.54, 1.807) is 30.3 Å². The third kappa shape index (κ3) is 7.05. The van der Waals surface area contributed by atoms with Crippen LogP contribution in [0.25, 0.3) is 0 Å². The molecule has 2 aromatic rings. The van der Waals surface area contributed by atoms with Gasteiger partial charge in [0.2, 0.25) is 11.8 Å². The Kier molecular flexibility index (Phi) is 8.03. The number of hydrogen-bond acceptors (Lipinski definition) is 5. The van der Waals surface area contributed by atoms with Crippen LogP contribution in [0, 0.1) is 0 Å². The first-order valence-electron chi connectivity index (χ1n) is 8.28. The van der Waals surface area contributed by atoms with Gasteiger partial charge in [0.05, 0.1) is 10.3 Å².